The molecule has 296 valence electrons. The fourth-order valence-corrected chi connectivity index (χ4v) is 10.8. The van der Waals surface area contributed by atoms with Gasteiger partial charge < -0.3 is 9.32 Å². The predicted octanol–water partition coefficient (Wildman–Crippen LogP) is 17.9. The second kappa shape index (κ2) is 13.5. The molecule has 14 rings (SSSR count). The highest BCUT2D eigenvalue weighted by atomic mass is 16.3. The number of benzene rings is 12. The number of para-hydroxylation sites is 1. The van der Waals surface area contributed by atoms with Crippen LogP contribution in [0.4, 0.5) is 17.1 Å². The van der Waals surface area contributed by atoms with Gasteiger partial charge in [-0.25, -0.2) is 0 Å². The Morgan fingerprint density at radius 3 is 1.42 bits per heavy atom. The lowest BCUT2D eigenvalue weighted by Crippen LogP contribution is -2.10. The van der Waals surface area contributed by atoms with E-state index in [2.05, 4.69) is 217 Å². The Kier molecular flexibility index (Phi) is 7.43. The maximum absolute atomic E-state index is 6.31. The summed E-state index contributed by atoms with van der Waals surface area (Å²) in [5.74, 6) is 0. The zero-order valence-electron chi connectivity index (χ0n) is 34.7. The van der Waals surface area contributed by atoms with Crippen LogP contribution in [0.5, 0.6) is 0 Å². The second-order valence-corrected chi connectivity index (χ2v) is 17.2. The molecule has 0 aliphatic carbocycles. The van der Waals surface area contributed by atoms with Crippen LogP contribution in [0.3, 0.4) is 0 Å². The number of hydrogen-bond donors (Lipinski definition) is 0. The Morgan fingerprint density at radius 1 is 0.250 bits per heavy atom. The molecule has 64 heavy (non-hydrogen) atoms. The number of hydrogen-bond acceptors (Lipinski definition) is 2. The fourth-order valence-electron chi connectivity index (χ4n) is 10.8. The molecule has 2 nitrogen and oxygen atoms in total. The van der Waals surface area contributed by atoms with Crippen molar-refractivity contribution in [1.82, 2.24) is 0 Å². The van der Waals surface area contributed by atoms with Crippen molar-refractivity contribution >= 4 is 114 Å². The molecule has 0 saturated heterocycles. The van der Waals surface area contributed by atoms with Gasteiger partial charge in [-0.15, -0.1) is 0 Å². The molecule has 0 radical (unpaired) electrons. The van der Waals surface area contributed by atoms with Crippen molar-refractivity contribution in [2.75, 3.05) is 4.90 Å². The molecule has 14 aromatic rings. The lowest BCUT2D eigenvalue weighted by Gasteiger charge is -2.27. The van der Waals surface area contributed by atoms with Crippen LogP contribution in [-0.4, -0.2) is 0 Å². The van der Waals surface area contributed by atoms with Gasteiger partial charge in [-0.2, -0.15) is 0 Å². The highest BCUT2D eigenvalue weighted by molar-refractivity contribution is 6.37. The molecule has 0 bridgehead atoms. The first-order chi connectivity index (χ1) is 31.7. The van der Waals surface area contributed by atoms with Gasteiger partial charge in [0, 0.05) is 27.8 Å². The van der Waals surface area contributed by atoms with Crippen LogP contribution in [0.25, 0.3) is 120 Å². The Balaban J connectivity index is 1.01. The van der Waals surface area contributed by atoms with Gasteiger partial charge in [-0.1, -0.05) is 170 Å². The minimum atomic E-state index is 0.900. The smallest absolute Gasteiger partial charge is 0.136 e. The Hall–Kier alpha value is -8.46. The van der Waals surface area contributed by atoms with Crippen molar-refractivity contribution in [3.63, 3.8) is 0 Å². The molecule has 13 aromatic carbocycles. The Bertz CT molecular complexity index is 4170. The number of rotatable bonds is 5. The van der Waals surface area contributed by atoms with Crippen LogP contribution in [0, 0.1) is 0 Å². The second-order valence-electron chi connectivity index (χ2n) is 17.2. The van der Waals surface area contributed by atoms with E-state index in [1.807, 2.05) is 12.1 Å². The summed E-state index contributed by atoms with van der Waals surface area (Å²) in [6.45, 7) is 0. The van der Waals surface area contributed by atoms with Crippen molar-refractivity contribution in [3.05, 3.63) is 224 Å². The largest absolute Gasteiger partial charge is 0.456 e. The van der Waals surface area contributed by atoms with E-state index >= 15 is 0 Å². The summed E-state index contributed by atoms with van der Waals surface area (Å²) < 4.78 is 6.31. The molecule has 1 aromatic heterocycles. The molecule has 0 N–H and O–H groups in total. The van der Waals surface area contributed by atoms with Crippen LogP contribution in [0.1, 0.15) is 0 Å². The first-order valence-corrected chi connectivity index (χ1v) is 22.1. The van der Waals surface area contributed by atoms with E-state index in [-0.39, 0.29) is 0 Å². The van der Waals surface area contributed by atoms with E-state index in [1.54, 1.807) is 0 Å². The van der Waals surface area contributed by atoms with E-state index in [0.29, 0.717) is 0 Å². The van der Waals surface area contributed by atoms with Crippen molar-refractivity contribution in [1.29, 1.82) is 0 Å². The summed E-state index contributed by atoms with van der Waals surface area (Å²) in [4.78, 5) is 2.43. The summed E-state index contributed by atoms with van der Waals surface area (Å²) in [6.07, 6.45) is 0. The molecular weight excluding hydrogens is 775 g/mol. The summed E-state index contributed by atoms with van der Waals surface area (Å²) in [7, 11) is 0. The molecule has 0 aliphatic rings. The lowest BCUT2D eigenvalue weighted by molar-refractivity contribution is 0.669. The third kappa shape index (κ3) is 5.20. The van der Waals surface area contributed by atoms with E-state index < -0.39 is 0 Å². The summed E-state index contributed by atoms with van der Waals surface area (Å²) in [5, 5.41) is 20.0. The Morgan fingerprint density at radius 2 is 0.734 bits per heavy atom. The molecule has 0 spiro atoms. The SMILES string of the molecule is c1ccc2c(-c3ccc(N(c4ccc(-c5ccc6c(c5)oc5ccccc56)cc4)c4cc5ccc6cccc7c8cccc9ccc%10cccc(c(c4)c5c67)c%10c98)cc3)cccc2c1. The van der Waals surface area contributed by atoms with Crippen molar-refractivity contribution in [3.8, 4) is 22.3 Å². The molecule has 0 amide bonds. The molecule has 0 aliphatic heterocycles. The quantitative estimate of drug-likeness (QED) is 0.161. The first kappa shape index (κ1) is 35.2. The van der Waals surface area contributed by atoms with E-state index in [4.69, 9.17) is 4.42 Å². The van der Waals surface area contributed by atoms with Gasteiger partial charge in [0.15, 0.2) is 0 Å². The normalized spacial score (nSPS) is 12.1. The van der Waals surface area contributed by atoms with Crippen LogP contribution in [0.15, 0.2) is 229 Å². The monoisotopic (exact) mass is 811 g/mol. The minimum Gasteiger partial charge on any atom is -0.456 e. The van der Waals surface area contributed by atoms with Gasteiger partial charge >= 0.3 is 0 Å². The topological polar surface area (TPSA) is 16.4 Å². The summed E-state index contributed by atoms with van der Waals surface area (Å²) >= 11 is 0. The van der Waals surface area contributed by atoms with Crippen molar-refractivity contribution < 1.29 is 4.42 Å². The highest BCUT2D eigenvalue weighted by Crippen LogP contribution is 2.47. The van der Waals surface area contributed by atoms with Crippen LogP contribution in [-0.2, 0) is 0 Å². The van der Waals surface area contributed by atoms with Crippen LogP contribution in [0.2, 0.25) is 0 Å². The van der Waals surface area contributed by atoms with Crippen LogP contribution < -0.4 is 4.90 Å². The van der Waals surface area contributed by atoms with Gasteiger partial charge in [0.25, 0.3) is 0 Å². The van der Waals surface area contributed by atoms with Gasteiger partial charge in [0.1, 0.15) is 11.2 Å². The number of anilines is 3. The minimum absolute atomic E-state index is 0.900. The maximum atomic E-state index is 6.31. The van der Waals surface area contributed by atoms with E-state index in [1.165, 1.54) is 86.5 Å². The molecule has 0 fully saturated rings. The molecule has 2 heteroatoms. The highest BCUT2D eigenvalue weighted by Gasteiger charge is 2.20. The standard InChI is InChI=1S/C62H37NO/c1-2-14-49-39(9-1)10-5-16-50(49)40-27-32-47(33-28-40)63(46-30-25-38(26-31-46)44-29-34-52-51-15-3-4-20-57(51)64-58(52)36-44)48-35-45-24-23-43-12-7-18-54-53-17-6-11-41-21-22-42-13-8-19-55(61(42)59(41)53)56(37-48)62(45)60(43)54/h1-37H. The maximum Gasteiger partial charge on any atom is 0.136 e. The van der Waals surface area contributed by atoms with E-state index in [0.717, 1.165) is 50.1 Å². The van der Waals surface area contributed by atoms with Gasteiger partial charge in [0.05, 0.1) is 0 Å². The third-order valence-corrected chi connectivity index (χ3v) is 13.7. The summed E-state index contributed by atoms with van der Waals surface area (Å²) in [5.41, 5.74) is 9.76. The van der Waals surface area contributed by atoms with Gasteiger partial charge in [-0.3, -0.25) is 0 Å². The van der Waals surface area contributed by atoms with E-state index in [9.17, 15) is 0 Å². The van der Waals surface area contributed by atoms with Gasteiger partial charge in [-0.05, 0) is 152 Å². The molecule has 0 saturated carbocycles. The van der Waals surface area contributed by atoms with Crippen LogP contribution >= 0.6 is 0 Å². The average molecular weight is 812 g/mol. The third-order valence-electron chi connectivity index (χ3n) is 13.7. The molecular formula is C62H37NO. The zero-order chi connectivity index (χ0) is 41.9. The predicted molar refractivity (Wildman–Crippen MR) is 273 cm³/mol. The van der Waals surface area contributed by atoms with Crippen molar-refractivity contribution in [2.45, 2.75) is 0 Å². The first-order valence-electron chi connectivity index (χ1n) is 22.1. The fraction of sp³-hybridized carbons (Fsp3) is 0. The molecule has 0 atom stereocenters. The number of furan rings is 1. The van der Waals surface area contributed by atoms with Gasteiger partial charge in [0.2, 0.25) is 0 Å². The Labute approximate surface area is 368 Å². The molecule has 1 heterocycles. The molecule has 0 unspecified atom stereocenters. The number of fused-ring (bicyclic) bond motifs is 6. The van der Waals surface area contributed by atoms with Crippen molar-refractivity contribution in [2.24, 2.45) is 0 Å². The summed E-state index contributed by atoms with van der Waals surface area (Å²) in [6, 6.07) is 82.6. The average Bonchev–Trinajstić information content (AvgIpc) is 3.73. The lowest BCUT2D eigenvalue weighted by atomic mass is 9.87. The number of nitrogens with zero attached hydrogens (tertiary/aromatic N) is 1. The zero-order valence-corrected chi connectivity index (χ0v) is 34.7.